The number of amides is 2. The SMILES string of the molecule is C=COCCONC(=O)c1cc2c(cc1Nc1ccc(I)cc1F)C(=O)NC2. The van der Waals surface area contributed by atoms with Crippen LogP contribution in [-0.4, -0.2) is 25.0 Å². The molecule has 0 fully saturated rings. The lowest BCUT2D eigenvalue weighted by atomic mass is 10.0. The first-order valence-electron chi connectivity index (χ1n) is 8.31. The molecule has 9 heteroatoms. The van der Waals surface area contributed by atoms with Gasteiger partial charge in [0.25, 0.3) is 11.8 Å². The molecule has 2 aromatic carbocycles. The molecule has 0 saturated heterocycles. The largest absolute Gasteiger partial charge is 0.499 e. The summed E-state index contributed by atoms with van der Waals surface area (Å²) in [6.07, 6.45) is 1.27. The highest BCUT2D eigenvalue weighted by molar-refractivity contribution is 14.1. The van der Waals surface area contributed by atoms with E-state index in [0.29, 0.717) is 23.4 Å². The van der Waals surface area contributed by atoms with Crippen LogP contribution >= 0.6 is 22.6 Å². The van der Waals surface area contributed by atoms with Crippen LogP contribution in [0, 0.1) is 9.39 Å². The molecule has 0 aliphatic carbocycles. The normalized spacial score (nSPS) is 12.1. The quantitative estimate of drug-likeness (QED) is 0.226. The number of halogens is 2. The molecular formula is C19H17FIN3O4. The minimum Gasteiger partial charge on any atom is -0.499 e. The molecule has 0 unspecified atom stereocenters. The number of nitrogens with one attached hydrogen (secondary N) is 3. The van der Waals surface area contributed by atoms with Crippen LogP contribution in [0.25, 0.3) is 0 Å². The summed E-state index contributed by atoms with van der Waals surface area (Å²) in [5.74, 6) is -1.25. The summed E-state index contributed by atoms with van der Waals surface area (Å²) in [6, 6.07) is 7.78. The summed E-state index contributed by atoms with van der Waals surface area (Å²) in [5, 5.41) is 5.59. The number of benzene rings is 2. The number of carbonyl (C=O) groups is 2. The maximum Gasteiger partial charge on any atom is 0.276 e. The van der Waals surface area contributed by atoms with Gasteiger partial charge in [0.05, 0.1) is 23.2 Å². The van der Waals surface area contributed by atoms with E-state index in [1.54, 1.807) is 18.2 Å². The molecule has 2 aromatic rings. The smallest absolute Gasteiger partial charge is 0.276 e. The van der Waals surface area contributed by atoms with Gasteiger partial charge in [-0.05, 0) is 58.5 Å². The van der Waals surface area contributed by atoms with Crippen molar-refractivity contribution >= 4 is 45.8 Å². The second kappa shape index (κ2) is 9.02. The maximum atomic E-state index is 14.2. The Balaban J connectivity index is 1.86. The van der Waals surface area contributed by atoms with Crippen LogP contribution in [0.3, 0.4) is 0 Å². The molecule has 0 saturated carbocycles. The first-order valence-corrected chi connectivity index (χ1v) is 9.39. The second-order valence-corrected chi connectivity index (χ2v) is 7.05. The molecule has 1 heterocycles. The fourth-order valence-corrected chi connectivity index (χ4v) is 3.10. The molecule has 0 radical (unpaired) electrons. The zero-order valence-electron chi connectivity index (χ0n) is 14.7. The van der Waals surface area contributed by atoms with Crippen molar-refractivity contribution in [1.29, 1.82) is 0 Å². The van der Waals surface area contributed by atoms with Crippen molar-refractivity contribution in [2.45, 2.75) is 6.54 Å². The Bertz CT molecular complexity index is 936. The highest BCUT2D eigenvalue weighted by atomic mass is 127. The molecule has 0 bridgehead atoms. The van der Waals surface area contributed by atoms with Crippen molar-refractivity contribution in [3.63, 3.8) is 0 Å². The maximum absolute atomic E-state index is 14.2. The topological polar surface area (TPSA) is 88.7 Å². The molecule has 1 aliphatic heterocycles. The Labute approximate surface area is 174 Å². The number of rotatable bonds is 8. The van der Waals surface area contributed by atoms with Crippen LogP contribution in [0.4, 0.5) is 15.8 Å². The van der Waals surface area contributed by atoms with Crippen molar-refractivity contribution in [2.24, 2.45) is 0 Å². The number of fused-ring (bicyclic) bond motifs is 1. The van der Waals surface area contributed by atoms with Crippen molar-refractivity contribution in [3.05, 3.63) is 69.3 Å². The van der Waals surface area contributed by atoms with Gasteiger partial charge >= 0.3 is 0 Å². The van der Waals surface area contributed by atoms with E-state index in [1.165, 1.54) is 18.4 Å². The molecule has 0 atom stereocenters. The Kier molecular flexibility index (Phi) is 6.47. The molecule has 0 aromatic heterocycles. The monoisotopic (exact) mass is 497 g/mol. The van der Waals surface area contributed by atoms with Crippen LogP contribution in [-0.2, 0) is 16.1 Å². The van der Waals surface area contributed by atoms with E-state index >= 15 is 0 Å². The van der Waals surface area contributed by atoms with Crippen molar-refractivity contribution in [1.82, 2.24) is 10.8 Å². The zero-order valence-corrected chi connectivity index (χ0v) is 16.8. The molecule has 3 N–H and O–H groups in total. The fraction of sp³-hybridized carbons (Fsp3) is 0.158. The van der Waals surface area contributed by atoms with E-state index in [4.69, 9.17) is 9.57 Å². The number of hydroxylamine groups is 1. The van der Waals surface area contributed by atoms with E-state index in [1.807, 2.05) is 22.6 Å². The van der Waals surface area contributed by atoms with E-state index in [-0.39, 0.29) is 30.4 Å². The van der Waals surface area contributed by atoms with Crippen molar-refractivity contribution < 1.29 is 23.6 Å². The van der Waals surface area contributed by atoms with E-state index in [0.717, 1.165) is 3.57 Å². The summed E-state index contributed by atoms with van der Waals surface area (Å²) in [5.41, 5.74) is 4.13. The van der Waals surface area contributed by atoms with Gasteiger partial charge < -0.3 is 15.4 Å². The summed E-state index contributed by atoms with van der Waals surface area (Å²) < 4.78 is 19.9. The fourth-order valence-electron chi connectivity index (χ4n) is 2.64. The van der Waals surface area contributed by atoms with E-state index in [9.17, 15) is 14.0 Å². The highest BCUT2D eigenvalue weighted by Crippen LogP contribution is 2.29. The van der Waals surface area contributed by atoms with Crippen molar-refractivity contribution in [3.8, 4) is 0 Å². The number of hydrogen-bond donors (Lipinski definition) is 3. The lowest BCUT2D eigenvalue weighted by molar-refractivity contribution is 0.0145. The van der Waals surface area contributed by atoms with Crippen LogP contribution in [0.15, 0.2) is 43.2 Å². The summed E-state index contributed by atoms with van der Waals surface area (Å²) in [7, 11) is 0. The van der Waals surface area contributed by atoms with Gasteiger partial charge in [-0.1, -0.05) is 6.58 Å². The van der Waals surface area contributed by atoms with Gasteiger partial charge in [0.15, 0.2) is 0 Å². The molecule has 3 rings (SSSR count). The number of anilines is 2. The Morgan fingerprint density at radius 3 is 2.86 bits per heavy atom. The third-order valence-corrected chi connectivity index (χ3v) is 4.63. The van der Waals surface area contributed by atoms with Crippen LogP contribution < -0.4 is 16.1 Å². The van der Waals surface area contributed by atoms with Gasteiger partial charge in [0.1, 0.15) is 19.0 Å². The average Bonchev–Trinajstić information content (AvgIpc) is 3.03. The summed E-state index contributed by atoms with van der Waals surface area (Å²) in [6.45, 7) is 4.08. The first kappa shape index (κ1) is 20.1. The van der Waals surface area contributed by atoms with Crippen LogP contribution in [0.5, 0.6) is 0 Å². The van der Waals surface area contributed by atoms with Crippen LogP contribution in [0.2, 0.25) is 0 Å². The van der Waals surface area contributed by atoms with Crippen LogP contribution in [0.1, 0.15) is 26.3 Å². The van der Waals surface area contributed by atoms with Gasteiger partial charge in [-0.3, -0.25) is 14.4 Å². The molecular weight excluding hydrogens is 480 g/mol. The molecule has 7 nitrogen and oxygen atoms in total. The Hall–Kier alpha value is -2.66. The standard InChI is InChI=1S/C19H17FIN3O4/c1-2-27-5-6-28-24-19(26)14-7-11-10-22-18(25)13(11)9-17(14)23-16-4-3-12(21)8-15(16)20/h2-4,7-9,23H,1,5-6,10H2,(H,22,25)(H,24,26). The second-order valence-electron chi connectivity index (χ2n) is 5.80. The summed E-state index contributed by atoms with van der Waals surface area (Å²) in [4.78, 5) is 29.6. The van der Waals surface area contributed by atoms with Gasteiger partial charge in [-0.2, -0.15) is 0 Å². The summed E-state index contributed by atoms with van der Waals surface area (Å²) >= 11 is 2.00. The molecule has 146 valence electrons. The third kappa shape index (κ3) is 4.60. The molecule has 28 heavy (non-hydrogen) atoms. The van der Waals surface area contributed by atoms with E-state index in [2.05, 4.69) is 22.7 Å². The third-order valence-electron chi connectivity index (χ3n) is 3.96. The highest BCUT2D eigenvalue weighted by Gasteiger charge is 2.24. The molecule has 1 aliphatic rings. The molecule has 0 spiro atoms. The van der Waals surface area contributed by atoms with Gasteiger partial charge in [0, 0.05) is 15.7 Å². The predicted molar refractivity (Wildman–Crippen MR) is 110 cm³/mol. The minimum absolute atomic E-state index is 0.122. The van der Waals surface area contributed by atoms with Gasteiger partial charge in [-0.15, -0.1) is 0 Å². The first-order chi connectivity index (χ1) is 13.5. The Morgan fingerprint density at radius 1 is 1.29 bits per heavy atom. The molecule has 2 amide bonds. The van der Waals surface area contributed by atoms with Gasteiger partial charge in [-0.25, -0.2) is 9.87 Å². The number of ether oxygens (including phenoxy) is 1. The lowest BCUT2D eigenvalue weighted by Crippen LogP contribution is -2.26. The number of carbonyl (C=O) groups excluding carboxylic acids is 2. The van der Waals surface area contributed by atoms with E-state index < -0.39 is 11.7 Å². The average molecular weight is 497 g/mol. The lowest BCUT2D eigenvalue weighted by Gasteiger charge is -2.15. The minimum atomic E-state index is -0.533. The number of hydrogen-bond acceptors (Lipinski definition) is 5. The van der Waals surface area contributed by atoms with Crippen molar-refractivity contribution in [2.75, 3.05) is 18.5 Å². The zero-order chi connectivity index (χ0) is 20.1. The Morgan fingerprint density at radius 2 is 2.11 bits per heavy atom. The van der Waals surface area contributed by atoms with Gasteiger partial charge in [0.2, 0.25) is 0 Å². The predicted octanol–water partition coefficient (Wildman–Crippen LogP) is 3.24.